The highest BCUT2D eigenvalue weighted by atomic mass is 19.1. The highest BCUT2D eigenvalue weighted by Gasteiger charge is 2.21. The molecule has 2 rings (SSSR count). The van der Waals surface area contributed by atoms with E-state index in [0.717, 1.165) is 25.7 Å². The van der Waals surface area contributed by atoms with Gasteiger partial charge in [-0.15, -0.1) is 0 Å². The fraction of sp³-hybridized carbons (Fsp3) is 0.462. The summed E-state index contributed by atoms with van der Waals surface area (Å²) < 4.78 is 13.3. The van der Waals surface area contributed by atoms with Gasteiger partial charge < -0.3 is 5.32 Å². The Morgan fingerprint density at radius 3 is 2.56 bits per heavy atom. The SMILES string of the molecule is O=C(Nc1ccccc1F)C1CCCCC1. The Morgan fingerprint density at radius 1 is 1.19 bits per heavy atom. The first-order valence-corrected chi connectivity index (χ1v) is 5.83. The largest absolute Gasteiger partial charge is 0.323 e. The molecule has 1 aromatic rings. The molecular formula is C13H16FNO. The summed E-state index contributed by atoms with van der Waals surface area (Å²) in [7, 11) is 0. The van der Waals surface area contributed by atoms with Crippen molar-refractivity contribution >= 4 is 11.6 Å². The second-order valence-electron chi connectivity index (χ2n) is 4.30. The summed E-state index contributed by atoms with van der Waals surface area (Å²) in [5.74, 6) is -0.343. The lowest BCUT2D eigenvalue weighted by atomic mass is 9.88. The first kappa shape index (κ1) is 11.1. The van der Waals surface area contributed by atoms with Crippen LogP contribution in [0.3, 0.4) is 0 Å². The van der Waals surface area contributed by atoms with Crippen LogP contribution in [0, 0.1) is 11.7 Å². The van der Waals surface area contributed by atoms with Crippen LogP contribution in [0.1, 0.15) is 32.1 Å². The quantitative estimate of drug-likeness (QED) is 0.815. The fourth-order valence-corrected chi connectivity index (χ4v) is 2.16. The molecule has 2 nitrogen and oxygen atoms in total. The molecule has 1 amide bonds. The van der Waals surface area contributed by atoms with E-state index in [2.05, 4.69) is 5.32 Å². The number of nitrogens with one attached hydrogen (secondary N) is 1. The summed E-state index contributed by atoms with van der Waals surface area (Å²) in [5, 5.41) is 2.67. The van der Waals surface area contributed by atoms with Crippen LogP contribution in [0.5, 0.6) is 0 Å². The summed E-state index contributed by atoms with van der Waals surface area (Å²) in [4.78, 5) is 11.8. The van der Waals surface area contributed by atoms with E-state index in [1.165, 1.54) is 12.5 Å². The van der Waals surface area contributed by atoms with Crippen molar-refractivity contribution in [3.8, 4) is 0 Å². The molecule has 1 aromatic carbocycles. The molecule has 1 saturated carbocycles. The Hall–Kier alpha value is -1.38. The van der Waals surface area contributed by atoms with Crippen molar-refractivity contribution in [3.63, 3.8) is 0 Å². The summed E-state index contributed by atoms with van der Waals surface area (Å²) >= 11 is 0. The number of carbonyl (C=O) groups excluding carboxylic acids is 1. The molecule has 0 aliphatic heterocycles. The van der Waals surface area contributed by atoms with Crippen molar-refractivity contribution in [3.05, 3.63) is 30.1 Å². The van der Waals surface area contributed by atoms with Gasteiger partial charge in [-0.05, 0) is 25.0 Å². The molecule has 0 aromatic heterocycles. The third-order valence-electron chi connectivity index (χ3n) is 3.11. The number of carbonyl (C=O) groups is 1. The van der Waals surface area contributed by atoms with Gasteiger partial charge in [-0.25, -0.2) is 4.39 Å². The van der Waals surface area contributed by atoms with Gasteiger partial charge >= 0.3 is 0 Å². The molecule has 0 bridgehead atoms. The molecule has 1 fully saturated rings. The molecule has 0 atom stereocenters. The van der Waals surface area contributed by atoms with Crippen LogP contribution in [0.4, 0.5) is 10.1 Å². The van der Waals surface area contributed by atoms with Crippen LogP contribution in [-0.4, -0.2) is 5.91 Å². The van der Waals surface area contributed by atoms with E-state index in [9.17, 15) is 9.18 Å². The number of amides is 1. The van der Waals surface area contributed by atoms with Gasteiger partial charge in [0.1, 0.15) is 5.82 Å². The number of anilines is 1. The Balaban J connectivity index is 1.99. The van der Waals surface area contributed by atoms with Gasteiger partial charge in [0.25, 0.3) is 0 Å². The van der Waals surface area contributed by atoms with E-state index >= 15 is 0 Å². The Bertz CT molecular complexity index is 372. The van der Waals surface area contributed by atoms with Crippen LogP contribution in [0.25, 0.3) is 0 Å². The van der Waals surface area contributed by atoms with Crippen LogP contribution in [-0.2, 0) is 4.79 Å². The molecule has 0 radical (unpaired) electrons. The molecular weight excluding hydrogens is 205 g/mol. The monoisotopic (exact) mass is 221 g/mol. The first-order chi connectivity index (χ1) is 7.77. The third-order valence-corrected chi connectivity index (χ3v) is 3.11. The average Bonchev–Trinajstić information content (AvgIpc) is 2.33. The van der Waals surface area contributed by atoms with Crippen molar-refractivity contribution in [2.75, 3.05) is 5.32 Å². The zero-order valence-corrected chi connectivity index (χ0v) is 9.21. The zero-order chi connectivity index (χ0) is 11.4. The number of hydrogen-bond acceptors (Lipinski definition) is 1. The fourth-order valence-electron chi connectivity index (χ4n) is 2.16. The zero-order valence-electron chi connectivity index (χ0n) is 9.21. The van der Waals surface area contributed by atoms with E-state index in [1.807, 2.05) is 0 Å². The first-order valence-electron chi connectivity index (χ1n) is 5.83. The van der Waals surface area contributed by atoms with Crippen LogP contribution in [0.15, 0.2) is 24.3 Å². The number of halogens is 1. The predicted molar refractivity (Wildman–Crippen MR) is 61.6 cm³/mol. The van der Waals surface area contributed by atoms with Gasteiger partial charge in [0.2, 0.25) is 5.91 Å². The summed E-state index contributed by atoms with van der Waals surface area (Å²) in [6.45, 7) is 0. The third kappa shape index (κ3) is 2.60. The highest BCUT2D eigenvalue weighted by molar-refractivity contribution is 5.92. The predicted octanol–water partition coefficient (Wildman–Crippen LogP) is 3.34. The van der Waals surface area contributed by atoms with Gasteiger partial charge in [-0.2, -0.15) is 0 Å². The Kier molecular flexibility index (Phi) is 3.54. The molecule has 0 heterocycles. The lowest BCUT2D eigenvalue weighted by molar-refractivity contribution is -0.120. The molecule has 3 heteroatoms. The summed E-state index contributed by atoms with van der Waals surface area (Å²) in [5.41, 5.74) is 0.290. The number of hydrogen-bond donors (Lipinski definition) is 1. The van der Waals surface area contributed by atoms with Gasteiger partial charge in [-0.1, -0.05) is 31.4 Å². The Morgan fingerprint density at radius 2 is 1.88 bits per heavy atom. The second kappa shape index (κ2) is 5.10. The van der Waals surface area contributed by atoms with Gasteiger partial charge in [-0.3, -0.25) is 4.79 Å². The second-order valence-corrected chi connectivity index (χ2v) is 4.30. The van der Waals surface area contributed by atoms with Crippen molar-refractivity contribution < 1.29 is 9.18 Å². The van der Waals surface area contributed by atoms with E-state index in [4.69, 9.17) is 0 Å². The molecule has 0 unspecified atom stereocenters. The summed E-state index contributed by atoms with van der Waals surface area (Å²) in [6, 6.07) is 6.29. The van der Waals surface area contributed by atoms with E-state index < -0.39 is 0 Å². The van der Waals surface area contributed by atoms with Crippen molar-refractivity contribution in [2.45, 2.75) is 32.1 Å². The van der Waals surface area contributed by atoms with Crippen LogP contribution in [0.2, 0.25) is 0 Å². The maximum Gasteiger partial charge on any atom is 0.227 e. The van der Waals surface area contributed by atoms with Crippen LogP contribution < -0.4 is 5.32 Å². The minimum Gasteiger partial charge on any atom is -0.323 e. The number of benzene rings is 1. The minimum atomic E-state index is -0.369. The van der Waals surface area contributed by atoms with Gasteiger partial charge in [0.05, 0.1) is 5.69 Å². The molecule has 1 aliphatic carbocycles. The molecule has 16 heavy (non-hydrogen) atoms. The molecule has 0 saturated heterocycles. The van der Waals surface area contributed by atoms with Crippen molar-refractivity contribution in [1.82, 2.24) is 0 Å². The minimum absolute atomic E-state index is 0.0372. The van der Waals surface area contributed by atoms with Gasteiger partial charge in [0, 0.05) is 5.92 Å². The van der Waals surface area contributed by atoms with Crippen LogP contribution >= 0.6 is 0 Å². The lowest BCUT2D eigenvalue weighted by Crippen LogP contribution is -2.25. The van der Waals surface area contributed by atoms with E-state index in [0.29, 0.717) is 0 Å². The van der Waals surface area contributed by atoms with Crippen molar-refractivity contribution in [2.24, 2.45) is 5.92 Å². The standard InChI is InChI=1S/C13H16FNO/c14-11-8-4-5-9-12(11)15-13(16)10-6-2-1-3-7-10/h4-5,8-10H,1-3,6-7H2,(H,15,16). The van der Waals surface area contributed by atoms with E-state index in [1.54, 1.807) is 18.2 Å². The van der Waals surface area contributed by atoms with Crippen molar-refractivity contribution in [1.29, 1.82) is 0 Å². The molecule has 0 spiro atoms. The maximum atomic E-state index is 13.3. The number of para-hydroxylation sites is 1. The van der Waals surface area contributed by atoms with E-state index in [-0.39, 0.29) is 23.3 Å². The smallest absolute Gasteiger partial charge is 0.227 e. The molecule has 86 valence electrons. The molecule has 1 N–H and O–H groups in total. The highest BCUT2D eigenvalue weighted by Crippen LogP contribution is 2.25. The van der Waals surface area contributed by atoms with Gasteiger partial charge in [0.15, 0.2) is 0 Å². The summed E-state index contributed by atoms with van der Waals surface area (Å²) in [6.07, 6.45) is 5.29. The lowest BCUT2D eigenvalue weighted by Gasteiger charge is -2.20. The Labute approximate surface area is 94.9 Å². The normalized spacial score (nSPS) is 17.1. The molecule has 1 aliphatic rings. The number of rotatable bonds is 2. The topological polar surface area (TPSA) is 29.1 Å². The maximum absolute atomic E-state index is 13.3. The average molecular weight is 221 g/mol.